The largest absolute Gasteiger partial charge is 0.303 e. The van der Waals surface area contributed by atoms with Crippen molar-refractivity contribution < 1.29 is 4.79 Å². The van der Waals surface area contributed by atoms with Crippen molar-refractivity contribution >= 4 is 17.6 Å². The summed E-state index contributed by atoms with van der Waals surface area (Å²) in [7, 11) is 0. The second-order valence-electron chi connectivity index (χ2n) is 1.83. The Hall–Kier alpha value is -0.700. The molecule has 0 aliphatic heterocycles. The van der Waals surface area contributed by atoms with Crippen LogP contribution < -0.4 is 0 Å². The van der Waals surface area contributed by atoms with Gasteiger partial charge >= 0.3 is 0 Å². The molecule has 1 rings (SSSR count). The SMILES string of the molecule is CC(C=O)c1cncs1. The van der Waals surface area contributed by atoms with Gasteiger partial charge in [0.25, 0.3) is 0 Å². The lowest BCUT2D eigenvalue weighted by Crippen LogP contribution is -1.88. The lowest BCUT2D eigenvalue weighted by molar-refractivity contribution is -0.108. The molecular formula is C6H7NOS. The predicted molar refractivity (Wildman–Crippen MR) is 36.6 cm³/mol. The van der Waals surface area contributed by atoms with Gasteiger partial charge in [-0.1, -0.05) is 6.92 Å². The summed E-state index contributed by atoms with van der Waals surface area (Å²) in [6, 6.07) is 0. The van der Waals surface area contributed by atoms with Crippen LogP contribution >= 0.6 is 11.3 Å². The maximum atomic E-state index is 10.2. The smallest absolute Gasteiger partial charge is 0.128 e. The van der Waals surface area contributed by atoms with E-state index in [0.717, 1.165) is 11.2 Å². The third-order valence-electron chi connectivity index (χ3n) is 1.10. The lowest BCUT2D eigenvalue weighted by atomic mass is 10.2. The zero-order valence-electron chi connectivity index (χ0n) is 5.07. The predicted octanol–water partition coefficient (Wildman–Crippen LogP) is 1.45. The molecular weight excluding hydrogens is 134 g/mol. The maximum Gasteiger partial charge on any atom is 0.128 e. The lowest BCUT2D eigenvalue weighted by Gasteiger charge is -1.93. The van der Waals surface area contributed by atoms with Crippen molar-refractivity contribution in [2.24, 2.45) is 0 Å². The fraction of sp³-hybridized carbons (Fsp3) is 0.333. The fourth-order valence-corrected chi connectivity index (χ4v) is 1.15. The topological polar surface area (TPSA) is 30.0 Å². The van der Waals surface area contributed by atoms with Crippen molar-refractivity contribution in [3.8, 4) is 0 Å². The molecule has 1 heterocycles. The Balaban J connectivity index is 2.76. The molecule has 1 atom stereocenters. The summed E-state index contributed by atoms with van der Waals surface area (Å²) in [5.41, 5.74) is 1.73. The highest BCUT2D eigenvalue weighted by Gasteiger charge is 2.02. The van der Waals surface area contributed by atoms with Gasteiger partial charge in [0, 0.05) is 17.0 Å². The number of hydrogen-bond donors (Lipinski definition) is 0. The molecule has 1 aromatic rings. The van der Waals surface area contributed by atoms with Gasteiger partial charge < -0.3 is 4.79 Å². The Kier molecular flexibility index (Phi) is 1.95. The van der Waals surface area contributed by atoms with E-state index in [0.29, 0.717) is 0 Å². The molecule has 0 saturated heterocycles. The second kappa shape index (κ2) is 2.73. The molecule has 48 valence electrons. The van der Waals surface area contributed by atoms with Crippen LogP contribution in [0.15, 0.2) is 11.7 Å². The average Bonchev–Trinajstić information content (AvgIpc) is 2.37. The highest BCUT2D eigenvalue weighted by molar-refractivity contribution is 7.09. The molecule has 0 radical (unpaired) electrons. The maximum absolute atomic E-state index is 10.2. The van der Waals surface area contributed by atoms with E-state index in [2.05, 4.69) is 4.98 Å². The van der Waals surface area contributed by atoms with Gasteiger partial charge in [-0.25, -0.2) is 0 Å². The van der Waals surface area contributed by atoms with Crippen LogP contribution in [0.4, 0.5) is 0 Å². The van der Waals surface area contributed by atoms with Gasteiger partial charge in [-0.05, 0) is 0 Å². The quantitative estimate of drug-likeness (QED) is 0.583. The summed E-state index contributed by atoms with van der Waals surface area (Å²) in [5, 5.41) is 0. The van der Waals surface area contributed by atoms with Crippen LogP contribution in [-0.4, -0.2) is 11.3 Å². The molecule has 0 fully saturated rings. The Morgan fingerprint density at radius 2 is 2.67 bits per heavy atom. The molecule has 0 spiro atoms. The van der Waals surface area contributed by atoms with E-state index < -0.39 is 0 Å². The third kappa shape index (κ3) is 1.36. The van der Waals surface area contributed by atoms with E-state index in [1.54, 1.807) is 11.7 Å². The number of hydrogen-bond acceptors (Lipinski definition) is 3. The molecule has 3 heteroatoms. The van der Waals surface area contributed by atoms with Gasteiger partial charge in [-0.2, -0.15) is 0 Å². The second-order valence-corrected chi connectivity index (χ2v) is 2.75. The number of nitrogens with zero attached hydrogens (tertiary/aromatic N) is 1. The molecule has 0 aliphatic rings. The zero-order valence-corrected chi connectivity index (χ0v) is 5.89. The Bertz CT molecular complexity index is 183. The normalized spacial score (nSPS) is 13.0. The summed E-state index contributed by atoms with van der Waals surface area (Å²) in [6.45, 7) is 1.86. The van der Waals surface area contributed by atoms with Gasteiger partial charge in [-0.15, -0.1) is 11.3 Å². The summed E-state index contributed by atoms with van der Waals surface area (Å²) in [5.74, 6) is 0.0116. The first-order valence-electron chi connectivity index (χ1n) is 2.68. The minimum absolute atomic E-state index is 0.0116. The highest BCUT2D eigenvalue weighted by Crippen LogP contribution is 2.15. The Morgan fingerprint density at radius 3 is 3.11 bits per heavy atom. The van der Waals surface area contributed by atoms with Gasteiger partial charge in [0.2, 0.25) is 0 Å². The molecule has 1 aromatic heterocycles. The van der Waals surface area contributed by atoms with E-state index in [1.165, 1.54) is 11.3 Å². The molecule has 0 aromatic carbocycles. The number of thiazole rings is 1. The van der Waals surface area contributed by atoms with Crippen molar-refractivity contribution in [3.05, 3.63) is 16.6 Å². The van der Waals surface area contributed by atoms with Gasteiger partial charge in [0.15, 0.2) is 0 Å². The first-order valence-corrected chi connectivity index (χ1v) is 3.56. The van der Waals surface area contributed by atoms with Crippen molar-refractivity contribution in [3.63, 3.8) is 0 Å². The number of aldehydes is 1. The van der Waals surface area contributed by atoms with Crippen LogP contribution in [0.3, 0.4) is 0 Å². The first-order chi connectivity index (χ1) is 4.34. The molecule has 0 bridgehead atoms. The fourth-order valence-electron chi connectivity index (χ4n) is 0.518. The van der Waals surface area contributed by atoms with E-state index in [4.69, 9.17) is 0 Å². The zero-order chi connectivity index (χ0) is 6.69. The number of aromatic nitrogens is 1. The van der Waals surface area contributed by atoms with Gasteiger partial charge in [0.05, 0.1) is 5.51 Å². The number of carbonyl (C=O) groups excluding carboxylic acids is 1. The van der Waals surface area contributed by atoms with Crippen molar-refractivity contribution in [2.75, 3.05) is 0 Å². The summed E-state index contributed by atoms with van der Waals surface area (Å²) in [6.07, 6.45) is 2.65. The van der Waals surface area contributed by atoms with Crippen LogP contribution in [0.1, 0.15) is 17.7 Å². The van der Waals surface area contributed by atoms with Crippen LogP contribution in [0.25, 0.3) is 0 Å². The van der Waals surface area contributed by atoms with Crippen LogP contribution in [0.5, 0.6) is 0 Å². The first kappa shape index (κ1) is 6.42. The molecule has 0 N–H and O–H groups in total. The molecule has 0 aliphatic carbocycles. The van der Waals surface area contributed by atoms with Crippen molar-refractivity contribution in [1.82, 2.24) is 4.98 Å². The van der Waals surface area contributed by atoms with Crippen LogP contribution in [0, 0.1) is 0 Å². The molecule has 2 nitrogen and oxygen atoms in total. The summed E-state index contributed by atoms with van der Waals surface area (Å²) in [4.78, 5) is 15.1. The summed E-state index contributed by atoms with van der Waals surface area (Å²) >= 11 is 1.51. The van der Waals surface area contributed by atoms with E-state index >= 15 is 0 Å². The minimum Gasteiger partial charge on any atom is -0.303 e. The van der Waals surface area contributed by atoms with Gasteiger partial charge in [-0.3, -0.25) is 4.98 Å². The number of carbonyl (C=O) groups is 1. The standard InChI is InChI=1S/C6H7NOS/c1-5(3-8)6-2-7-4-9-6/h2-5H,1H3. The third-order valence-corrected chi connectivity index (χ3v) is 2.08. The highest BCUT2D eigenvalue weighted by atomic mass is 32.1. The van der Waals surface area contributed by atoms with E-state index in [1.807, 2.05) is 6.92 Å². The Labute approximate surface area is 57.5 Å². The molecule has 1 unspecified atom stereocenters. The van der Waals surface area contributed by atoms with Gasteiger partial charge in [0.1, 0.15) is 6.29 Å². The number of rotatable bonds is 2. The summed E-state index contributed by atoms with van der Waals surface area (Å²) < 4.78 is 0. The molecule has 0 saturated carbocycles. The van der Waals surface area contributed by atoms with Crippen molar-refractivity contribution in [1.29, 1.82) is 0 Å². The Morgan fingerprint density at radius 1 is 1.89 bits per heavy atom. The van der Waals surface area contributed by atoms with E-state index in [-0.39, 0.29) is 5.92 Å². The van der Waals surface area contributed by atoms with Crippen molar-refractivity contribution in [2.45, 2.75) is 12.8 Å². The average molecular weight is 141 g/mol. The van der Waals surface area contributed by atoms with E-state index in [9.17, 15) is 4.79 Å². The molecule has 0 amide bonds. The monoisotopic (exact) mass is 141 g/mol. The molecule has 9 heavy (non-hydrogen) atoms. The minimum atomic E-state index is 0.0116. The van der Waals surface area contributed by atoms with Crippen LogP contribution in [-0.2, 0) is 4.79 Å². The van der Waals surface area contributed by atoms with Crippen LogP contribution in [0.2, 0.25) is 0 Å².